The van der Waals surface area contributed by atoms with Crippen molar-refractivity contribution in [1.29, 1.82) is 0 Å². The first-order chi connectivity index (χ1) is 9.68. The van der Waals surface area contributed by atoms with Crippen LogP contribution in [0.5, 0.6) is 0 Å². The van der Waals surface area contributed by atoms with E-state index in [1.54, 1.807) is 12.1 Å². The molecular weight excluding hydrogens is 332 g/mol. The van der Waals surface area contributed by atoms with Gasteiger partial charge in [0, 0.05) is 32.9 Å². The van der Waals surface area contributed by atoms with Crippen LogP contribution in [0.2, 0.25) is 0 Å². The molecule has 2 rings (SSSR count). The van der Waals surface area contributed by atoms with Crippen LogP contribution in [-0.2, 0) is 5.41 Å². The Morgan fingerprint density at radius 3 is 2.57 bits per heavy atom. The van der Waals surface area contributed by atoms with Crippen LogP contribution in [0.1, 0.15) is 42.4 Å². The summed E-state index contributed by atoms with van der Waals surface area (Å²) in [5, 5.41) is 9.85. The molecule has 0 aliphatic carbocycles. The van der Waals surface area contributed by atoms with Crippen LogP contribution in [0.3, 0.4) is 0 Å². The highest BCUT2D eigenvalue weighted by atomic mass is 79.9. The van der Waals surface area contributed by atoms with E-state index in [1.807, 2.05) is 13.0 Å². The number of aromatic nitrogens is 2. The lowest BCUT2D eigenvalue weighted by atomic mass is 9.92. The average molecular weight is 351 g/mol. The number of amides is 1. The first kappa shape index (κ1) is 15.6. The zero-order valence-electron chi connectivity index (χ0n) is 12.5. The van der Waals surface area contributed by atoms with Crippen molar-refractivity contribution in [3.8, 4) is 0 Å². The normalized spacial score (nSPS) is 11.5. The summed E-state index contributed by atoms with van der Waals surface area (Å²) in [5.41, 5.74) is 8.65. The standard InChI is InChI=1S/C15H19BrN4O/c1-8-10(5-9(16)6-11(8)17)14(21)18-13-7-12(19-20-13)15(2,3)4/h5-7H,17H2,1-4H3,(H2,18,19,20,21). The molecule has 0 unspecified atom stereocenters. The van der Waals surface area contributed by atoms with Gasteiger partial charge in [0.05, 0.1) is 0 Å². The van der Waals surface area contributed by atoms with Crippen molar-refractivity contribution in [2.75, 3.05) is 11.1 Å². The van der Waals surface area contributed by atoms with Crippen molar-refractivity contribution in [3.05, 3.63) is 39.5 Å². The van der Waals surface area contributed by atoms with E-state index in [2.05, 4.69) is 52.2 Å². The number of halogens is 1. The molecule has 5 nitrogen and oxygen atoms in total. The van der Waals surface area contributed by atoms with Crippen molar-refractivity contribution < 1.29 is 4.79 Å². The maximum atomic E-state index is 12.4. The second-order valence-electron chi connectivity index (χ2n) is 6.04. The Hall–Kier alpha value is -1.82. The number of hydrogen-bond acceptors (Lipinski definition) is 3. The van der Waals surface area contributed by atoms with E-state index >= 15 is 0 Å². The molecule has 2 aromatic rings. The summed E-state index contributed by atoms with van der Waals surface area (Å²) in [6.07, 6.45) is 0. The lowest BCUT2D eigenvalue weighted by Crippen LogP contribution is -2.14. The summed E-state index contributed by atoms with van der Waals surface area (Å²) in [6, 6.07) is 5.37. The van der Waals surface area contributed by atoms with Crippen LogP contribution < -0.4 is 11.1 Å². The molecule has 0 atom stereocenters. The number of carbonyl (C=O) groups is 1. The third-order valence-corrected chi connectivity index (χ3v) is 3.74. The summed E-state index contributed by atoms with van der Waals surface area (Å²) in [4.78, 5) is 12.4. The summed E-state index contributed by atoms with van der Waals surface area (Å²) in [6.45, 7) is 8.05. The molecule has 1 aromatic heterocycles. The van der Waals surface area contributed by atoms with E-state index < -0.39 is 0 Å². The molecule has 0 bridgehead atoms. The molecule has 0 saturated heterocycles. The Kier molecular flexibility index (Phi) is 4.09. The fourth-order valence-corrected chi connectivity index (χ4v) is 2.37. The molecule has 0 fully saturated rings. The fourth-order valence-electron chi connectivity index (χ4n) is 1.89. The van der Waals surface area contributed by atoms with Crippen LogP contribution in [0.4, 0.5) is 11.5 Å². The molecule has 21 heavy (non-hydrogen) atoms. The highest BCUT2D eigenvalue weighted by Crippen LogP contribution is 2.25. The van der Waals surface area contributed by atoms with Crippen molar-refractivity contribution in [3.63, 3.8) is 0 Å². The summed E-state index contributed by atoms with van der Waals surface area (Å²) >= 11 is 3.35. The third kappa shape index (κ3) is 3.44. The molecule has 1 heterocycles. The minimum Gasteiger partial charge on any atom is -0.398 e. The van der Waals surface area contributed by atoms with E-state index in [-0.39, 0.29) is 11.3 Å². The lowest BCUT2D eigenvalue weighted by Gasteiger charge is -2.14. The Morgan fingerprint density at radius 2 is 2.00 bits per heavy atom. The van der Waals surface area contributed by atoms with Crippen molar-refractivity contribution >= 4 is 33.3 Å². The van der Waals surface area contributed by atoms with Gasteiger partial charge in [-0.2, -0.15) is 5.10 Å². The number of benzene rings is 1. The molecular formula is C15H19BrN4O. The Bertz CT molecular complexity index is 685. The van der Waals surface area contributed by atoms with E-state index in [0.29, 0.717) is 17.1 Å². The zero-order valence-corrected chi connectivity index (χ0v) is 14.1. The molecule has 1 aromatic carbocycles. The average Bonchev–Trinajstić information content (AvgIpc) is 2.82. The van der Waals surface area contributed by atoms with Gasteiger partial charge in [0.2, 0.25) is 0 Å². The fraction of sp³-hybridized carbons (Fsp3) is 0.333. The van der Waals surface area contributed by atoms with Crippen LogP contribution in [0, 0.1) is 6.92 Å². The molecule has 0 aliphatic heterocycles. The van der Waals surface area contributed by atoms with E-state index in [0.717, 1.165) is 15.7 Å². The number of nitrogens with one attached hydrogen (secondary N) is 2. The molecule has 0 saturated carbocycles. The highest BCUT2D eigenvalue weighted by Gasteiger charge is 2.18. The predicted molar refractivity (Wildman–Crippen MR) is 88.5 cm³/mol. The van der Waals surface area contributed by atoms with Crippen LogP contribution in [0.25, 0.3) is 0 Å². The number of H-pyrrole nitrogens is 1. The topological polar surface area (TPSA) is 83.8 Å². The molecule has 112 valence electrons. The first-order valence-electron chi connectivity index (χ1n) is 6.61. The lowest BCUT2D eigenvalue weighted by molar-refractivity contribution is 0.102. The maximum absolute atomic E-state index is 12.4. The van der Waals surface area contributed by atoms with Gasteiger partial charge in [0.1, 0.15) is 0 Å². The molecule has 0 aliphatic rings. The van der Waals surface area contributed by atoms with E-state index in [9.17, 15) is 4.79 Å². The summed E-state index contributed by atoms with van der Waals surface area (Å²) < 4.78 is 0.771. The van der Waals surface area contributed by atoms with Crippen molar-refractivity contribution in [2.45, 2.75) is 33.1 Å². The van der Waals surface area contributed by atoms with Gasteiger partial charge in [0.25, 0.3) is 5.91 Å². The zero-order chi connectivity index (χ0) is 15.8. The number of rotatable bonds is 2. The summed E-state index contributed by atoms with van der Waals surface area (Å²) in [5.74, 6) is 0.273. The minimum atomic E-state index is -0.229. The number of anilines is 2. The molecule has 4 N–H and O–H groups in total. The molecule has 6 heteroatoms. The van der Waals surface area contributed by atoms with Gasteiger partial charge >= 0.3 is 0 Å². The van der Waals surface area contributed by atoms with Crippen LogP contribution >= 0.6 is 15.9 Å². The molecule has 1 amide bonds. The Balaban J connectivity index is 2.25. The smallest absolute Gasteiger partial charge is 0.257 e. The molecule has 0 spiro atoms. The van der Waals surface area contributed by atoms with Crippen LogP contribution in [-0.4, -0.2) is 16.1 Å². The SMILES string of the molecule is Cc1c(N)cc(Br)cc1C(=O)Nc1cc(C(C)(C)C)[nH]n1. The second-order valence-corrected chi connectivity index (χ2v) is 6.95. The third-order valence-electron chi connectivity index (χ3n) is 3.28. The van der Waals surface area contributed by atoms with Crippen molar-refractivity contribution in [1.82, 2.24) is 10.2 Å². The van der Waals surface area contributed by atoms with Gasteiger partial charge in [-0.15, -0.1) is 0 Å². The van der Waals surface area contributed by atoms with E-state index in [1.165, 1.54) is 0 Å². The number of hydrogen-bond donors (Lipinski definition) is 3. The quantitative estimate of drug-likeness (QED) is 0.723. The number of aromatic amines is 1. The highest BCUT2D eigenvalue weighted by molar-refractivity contribution is 9.10. The number of carbonyl (C=O) groups excluding carboxylic acids is 1. The second kappa shape index (κ2) is 5.52. The number of nitrogens with two attached hydrogens (primary N) is 1. The van der Waals surface area contributed by atoms with E-state index in [4.69, 9.17) is 5.73 Å². The monoisotopic (exact) mass is 350 g/mol. The summed E-state index contributed by atoms with van der Waals surface area (Å²) in [7, 11) is 0. The minimum absolute atomic E-state index is 0.0495. The number of nitrogens with zero attached hydrogens (tertiary/aromatic N) is 1. The Labute approximate surface area is 132 Å². The molecule has 0 radical (unpaired) electrons. The van der Waals surface area contributed by atoms with Crippen LogP contribution in [0.15, 0.2) is 22.7 Å². The first-order valence-corrected chi connectivity index (χ1v) is 7.40. The number of nitrogen functional groups attached to an aromatic ring is 1. The Morgan fingerprint density at radius 1 is 1.33 bits per heavy atom. The van der Waals surface area contributed by atoms with Gasteiger partial charge < -0.3 is 11.1 Å². The van der Waals surface area contributed by atoms with Gasteiger partial charge in [-0.1, -0.05) is 36.7 Å². The van der Waals surface area contributed by atoms with Gasteiger partial charge in [0.15, 0.2) is 5.82 Å². The van der Waals surface area contributed by atoms with Gasteiger partial charge in [-0.3, -0.25) is 9.89 Å². The van der Waals surface area contributed by atoms with Crippen molar-refractivity contribution in [2.24, 2.45) is 0 Å². The largest absolute Gasteiger partial charge is 0.398 e. The van der Waals surface area contributed by atoms with Gasteiger partial charge in [-0.25, -0.2) is 0 Å². The predicted octanol–water partition coefficient (Wildman–Crippen LogP) is 3.61. The van der Waals surface area contributed by atoms with Gasteiger partial charge in [-0.05, 0) is 24.6 Å². The maximum Gasteiger partial charge on any atom is 0.257 e.